The number of rotatable bonds is 6. The molecule has 1 unspecified atom stereocenters. The molecule has 128 valence electrons. The summed E-state index contributed by atoms with van der Waals surface area (Å²) in [6.07, 6.45) is 0.454. The molecule has 5 nitrogen and oxygen atoms in total. The van der Waals surface area contributed by atoms with Gasteiger partial charge in [-0.2, -0.15) is 0 Å². The molecule has 7 heteroatoms. The second-order valence-corrected chi connectivity index (χ2v) is 7.35. The van der Waals surface area contributed by atoms with Gasteiger partial charge in [0.2, 0.25) is 11.7 Å². The second kappa shape index (κ2) is 6.29. The van der Waals surface area contributed by atoms with Crippen LogP contribution in [0, 0.1) is 5.41 Å². The summed E-state index contributed by atoms with van der Waals surface area (Å²) in [4.78, 5) is 14.2. The summed E-state index contributed by atoms with van der Waals surface area (Å²) in [5.41, 5.74) is 0.0641. The summed E-state index contributed by atoms with van der Waals surface area (Å²) in [6, 6.07) is 3.62. The van der Waals surface area contributed by atoms with Crippen LogP contribution >= 0.6 is 23.2 Å². The molecule has 0 aromatic heterocycles. The number of amides is 1. The number of methoxy groups -OCH3 is 3. The van der Waals surface area contributed by atoms with Crippen LogP contribution in [0.3, 0.4) is 0 Å². The quantitative estimate of drug-likeness (QED) is 0.729. The summed E-state index contributed by atoms with van der Waals surface area (Å²) in [5, 5.41) is 0. The van der Waals surface area contributed by atoms with Crippen LogP contribution in [0.4, 0.5) is 0 Å². The topological polar surface area (TPSA) is 48.0 Å². The third-order valence-corrected chi connectivity index (χ3v) is 5.37. The Kier molecular flexibility index (Phi) is 4.92. The fourth-order valence-electron chi connectivity index (χ4n) is 2.67. The van der Waals surface area contributed by atoms with Gasteiger partial charge in [0, 0.05) is 19.2 Å². The van der Waals surface area contributed by atoms with Crippen molar-refractivity contribution in [1.29, 1.82) is 0 Å². The van der Waals surface area contributed by atoms with Gasteiger partial charge in [-0.25, -0.2) is 0 Å². The Labute approximate surface area is 146 Å². The van der Waals surface area contributed by atoms with E-state index in [2.05, 4.69) is 0 Å². The first-order chi connectivity index (χ1) is 10.7. The molecule has 1 fully saturated rings. The smallest absolute Gasteiger partial charge is 0.231 e. The van der Waals surface area contributed by atoms with Gasteiger partial charge in [0.1, 0.15) is 4.33 Å². The summed E-state index contributed by atoms with van der Waals surface area (Å²) in [7, 11) is 6.36. The lowest BCUT2D eigenvalue weighted by molar-refractivity contribution is -0.135. The Bertz CT molecular complexity index is 620. The van der Waals surface area contributed by atoms with Gasteiger partial charge in [-0.15, -0.1) is 23.2 Å². The molecule has 0 aliphatic heterocycles. The van der Waals surface area contributed by atoms with Crippen molar-refractivity contribution in [2.75, 3.05) is 28.4 Å². The predicted molar refractivity (Wildman–Crippen MR) is 89.7 cm³/mol. The van der Waals surface area contributed by atoms with Gasteiger partial charge in [0.05, 0.1) is 26.7 Å². The first kappa shape index (κ1) is 18.0. The van der Waals surface area contributed by atoms with Gasteiger partial charge in [-0.05, 0) is 25.5 Å². The van der Waals surface area contributed by atoms with E-state index in [1.807, 2.05) is 6.07 Å². The summed E-state index contributed by atoms with van der Waals surface area (Å²) >= 11 is 12.2. The molecule has 1 aromatic rings. The predicted octanol–water partition coefficient (Wildman–Crippen LogP) is 3.25. The molecule has 1 aliphatic carbocycles. The maximum atomic E-state index is 12.6. The van der Waals surface area contributed by atoms with E-state index in [-0.39, 0.29) is 5.91 Å². The maximum Gasteiger partial charge on any atom is 0.231 e. The highest BCUT2D eigenvalue weighted by atomic mass is 35.5. The summed E-state index contributed by atoms with van der Waals surface area (Å²) in [6.45, 7) is 2.12. The highest BCUT2D eigenvalue weighted by Crippen LogP contribution is 2.64. The van der Waals surface area contributed by atoms with Crippen LogP contribution in [0.5, 0.6) is 17.2 Å². The van der Waals surface area contributed by atoms with Crippen molar-refractivity contribution in [2.24, 2.45) is 5.41 Å². The Balaban J connectivity index is 2.25. The van der Waals surface area contributed by atoms with Crippen molar-refractivity contribution >= 4 is 29.1 Å². The minimum atomic E-state index is -0.986. The van der Waals surface area contributed by atoms with Crippen LogP contribution in [-0.2, 0) is 11.3 Å². The average Bonchev–Trinajstić information content (AvgIpc) is 3.05. The van der Waals surface area contributed by atoms with E-state index in [0.717, 1.165) is 5.56 Å². The van der Waals surface area contributed by atoms with E-state index >= 15 is 0 Å². The van der Waals surface area contributed by atoms with E-state index in [4.69, 9.17) is 37.4 Å². The molecule has 0 radical (unpaired) electrons. The van der Waals surface area contributed by atoms with Crippen LogP contribution < -0.4 is 14.2 Å². The second-order valence-electron chi connectivity index (χ2n) is 5.87. The van der Waals surface area contributed by atoms with Gasteiger partial charge in [0.25, 0.3) is 0 Å². The molecular weight excluding hydrogens is 341 g/mol. The van der Waals surface area contributed by atoms with Gasteiger partial charge >= 0.3 is 0 Å². The SMILES string of the molecule is COc1ccc(CN(C)C(=O)C2(C)CC2(Cl)Cl)c(OC)c1OC. The lowest BCUT2D eigenvalue weighted by atomic mass is 10.1. The van der Waals surface area contributed by atoms with Crippen molar-refractivity contribution in [2.45, 2.75) is 24.2 Å². The molecule has 0 spiro atoms. The minimum Gasteiger partial charge on any atom is -0.493 e. The first-order valence-corrected chi connectivity index (χ1v) is 7.88. The fourth-order valence-corrected chi connectivity index (χ4v) is 3.36. The third-order valence-electron chi connectivity index (χ3n) is 4.27. The van der Waals surface area contributed by atoms with E-state index in [9.17, 15) is 4.79 Å². The number of carbonyl (C=O) groups is 1. The minimum absolute atomic E-state index is 0.0978. The largest absolute Gasteiger partial charge is 0.493 e. The number of hydrogen-bond acceptors (Lipinski definition) is 4. The number of hydrogen-bond donors (Lipinski definition) is 0. The molecule has 1 aromatic carbocycles. The molecule has 1 atom stereocenters. The van der Waals surface area contributed by atoms with Crippen molar-refractivity contribution in [3.8, 4) is 17.2 Å². The van der Waals surface area contributed by atoms with Crippen molar-refractivity contribution in [3.05, 3.63) is 17.7 Å². The van der Waals surface area contributed by atoms with E-state index < -0.39 is 9.75 Å². The van der Waals surface area contributed by atoms with E-state index in [1.54, 1.807) is 46.3 Å². The molecule has 1 amide bonds. The Morgan fingerprint density at radius 2 is 1.74 bits per heavy atom. The highest BCUT2D eigenvalue weighted by Gasteiger charge is 2.68. The first-order valence-electron chi connectivity index (χ1n) is 7.13. The van der Waals surface area contributed by atoms with Crippen LogP contribution in [0.25, 0.3) is 0 Å². The zero-order valence-corrected chi connectivity index (χ0v) is 15.4. The molecule has 2 rings (SSSR count). The maximum absolute atomic E-state index is 12.6. The monoisotopic (exact) mass is 361 g/mol. The summed E-state index contributed by atoms with van der Waals surface area (Å²) < 4.78 is 15.1. The molecule has 23 heavy (non-hydrogen) atoms. The molecule has 0 heterocycles. The molecular formula is C16H21Cl2NO4. The number of benzene rings is 1. The van der Waals surface area contributed by atoms with Gasteiger partial charge in [0.15, 0.2) is 11.5 Å². The number of carbonyl (C=O) groups excluding carboxylic acids is 1. The van der Waals surface area contributed by atoms with Crippen LogP contribution in [0.15, 0.2) is 12.1 Å². The van der Waals surface area contributed by atoms with Gasteiger partial charge in [-0.3, -0.25) is 4.79 Å². The van der Waals surface area contributed by atoms with Gasteiger partial charge < -0.3 is 19.1 Å². The molecule has 0 N–H and O–H groups in total. The van der Waals surface area contributed by atoms with E-state index in [1.165, 1.54) is 0 Å². The molecule has 1 saturated carbocycles. The molecule has 0 saturated heterocycles. The number of alkyl halides is 2. The molecule has 0 bridgehead atoms. The Morgan fingerprint density at radius 3 is 2.17 bits per heavy atom. The van der Waals surface area contributed by atoms with Crippen LogP contribution in [0.1, 0.15) is 18.9 Å². The van der Waals surface area contributed by atoms with Gasteiger partial charge in [-0.1, -0.05) is 0 Å². The number of nitrogens with zero attached hydrogens (tertiary/aromatic N) is 1. The average molecular weight is 362 g/mol. The number of ether oxygens (including phenoxy) is 3. The summed E-state index contributed by atoms with van der Waals surface area (Å²) in [5.74, 6) is 1.50. The fraction of sp³-hybridized carbons (Fsp3) is 0.562. The third kappa shape index (κ3) is 3.04. The Morgan fingerprint density at radius 1 is 1.17 bits per heavy atom. The zero-order chi connectivity index (χ0) is 17.4. The normalized spacial score (nSPS) is 21.5. The lowest BCUT2D eigenvalue weighted by Gasteiger charge is -2.24. The van der Waals surface area contributed by atoms with Crippen molar-refractivity contribution in [1.82, 2.24) is 4.90 Å². The zero-order valence-electron chi connectivity index (χ0n) is 13.9. The van der Waals surface area contributed by atoms with Crippen molar-refractivity contribution < 1.29 is 19.0 Å². The Hall–Kier alpha value is -1.33. The number of halogens is 2. The molecule has 1 aliphatic rings. The highest BCUT2D eigenvalue weighted by molar-refractivity contribution is 6.53. The van der Waals surface area contributed by atoms with E-state index in [0.29, 0.717) is 30.2 Å². The van der Waals surface area contributed by atoms with Crippen molar-refractivity contribution in [3.63, 3.8) is 0 Å². The standard InChI is InChI=1S/C16H21Cl2NO4/c1-15(9-16(15,17)18)14(20)19(2)8-10-6-7-11(21-3)13(23-5)12(10)22-4/h6-7H,8-9H2,1-5H3. The van der Waals surface area contributed by atoms with Crippen LogP contribution in [0.2, 0.25) is 0 Å². The lowest BCUT2D eigenvalue weighted by Crippen LogP contribution is -2.34. The van der Waals surface area contributed by atoms with Crippen LogP contribution in [-0.4, -0.2) is 43.5 Å².